The normalized spacial score (nSPS) is 12.0. The molecule has 4 rings (SSSR count). The van der Waals surface area contributed by atoms with Crippen molar-refractivity contribution < 1.29 is 0 Å². The van der Waals surface area contributed by atoms with Crippen molar-refractivity contribution >= 4 is 5.69 Å². The molecule has 102 valence electrons. The zero-order chi connectivity index (χ0) is 14.4. The molecule has 0 amide bonds. The van der Waals surface area contributed by atoms with E-state index in [1.54, 1.807) is 0 Å². The van der Waals surface area contributed by atoms with Gasteiger partial charge in [-0.1, -0.05) is 60.7 Å². The first-order valence-electron chi connectivity index (χ1n) is 7.31. The zero-order valence-corrected chi connectivity index (χ0v) is 12.1. The van der Waals surface area contributed by atoms with Crippen LogP contribution in [0.5, 0.6) is 0 Å². The number of nitrogens with two attached hydrogens (primary N) is 1. The minimum absolute atomic E-state index is 0.937. The van der Waals surface area contributed by atoms with E-state index in [1.165, 1.54) is 38.9 Å². The molecule has 1 aliphatic carbocycles. The summed E-state index contributed by atoms with van der Waals surface area (Å²) in [6, 6.07) is 21.3. The molecular weight excluding hydrogens is 254 g/mol. The summed E-state index contributed by atoms with van der Waals surface area (Å²) in [5.41, 5.74) is 16.4. The number of rotatable bonds is 1. The Balaban J connectivity index is 1.98. The lowest BCUT2D eigenvalue weighted by atomic mass is 9.92. The molecule has 2 N–H and O–H groups in total. The van der Waals surface area contributed by atoms with Crippen molar-refractivity contribution in [1.29, 1.82) is 0 Å². The SMILES string of the molecule is Cc1cc2c(c(N)c1-c1ccccc1)Cc1ccccc1-2. The van der Waals surface area contributed by atoms with E-state index in [2.05, 4.69) is 61.5 Å². The van der Waals surface area contributed by atoms with Gasteiger partial charge in [-0.3, -0.25) is 0 Å². The molecule has 21 heavy (non-hydrogen) atoms. The highest BCUT2D eigenvalue weighted by Crippen LogP contribution is 2.44. The van der Waals surface area contributed by atoms with Gasteiger partial charge in [-0.15, -0.1) is 0 Å². The summed E-state index contributed by atoms with van der Waals surface area (Å²) < 4.78 is 0. The smallest absolute Gasteiger partial charge is 0.0438 e. The van der Waals surface area contributed by atoms with Gasteiger partial charge in [-0.05, 0) is 40.3 Å². The quantitative estimate of drug-likeness (QED) is 0.494. The first-order chi connectivity index (χ1) is 10.3. The molecule has 0 saturated heterocycles. The Labute approximate surface area is 125 Å². The van der Waals surface area contributed by atoms with Gasteiger partial charge in [0.05, 0.1) is 0 Å². The molecule has 0 fully saturated rings. The molecular formula is C20H17N. The molecule has 0 aromatic heterocycles. The second-order valence-corrected chi connectivity index (χ2v) is 5.71. The molecule has 0 saturated carbocycles. The third-order valence-electron chi connectivity index (χ3n) is 4.41. The fraction of sp³-hybridized carbons (Fsp3) is 0.100. The molecule has 0 bridgehead atoms. The van der Waals surface area contributed by atoms with Crippen LogP contribution in [-0.4, -0.2) is 0 Å². The molecule has 1 nitrogen and oxygen atoms in total. The van der Waals surface area contributed by atoms with Crippen LogP contribution in [-0.2, 0) is 6.42 Å². The monoisotopic (exact) mass is 271 g/mol. The van der Waals surface area contributed by atoms with E-state index < -0.39 is 0 Å². The lowest BCUT2D eigenvalue weighted by Gasteiger charge is -2.15. The van der Waals surface area contributed by atoms with Crippen LogP contribution in [0.2, 0.25) is 0 Å². The van der Waals surface area contributed by atoms with E-state index in [9.17, 15) is 0 Å². The second-order valence-electron chi connectivity index (χ2n) is 5.71. The third kappa shape index (κ3) is 1.78. The lowest BCUT2D eigenvalue weighted by molar-refractivity contribution is 1.26. The van der Waals surface area contributed by atoms with Gasteiger partial charge in [0.25, 0.3) is 0 Å². The van der Waals surface area contributed by atoms with Crippen LogP contribution in [0, 0.1) is 6.92 Å². The summed E-state index contributed by atoms with van der Waals surface area (Å²) in [5.74, 6) is 0. The van der Waals surface area contributed by atoms with Gasteiger partial charge in [0.15, 0.2) is 0 Å². The van der Waals surface area contributed by atoms with E-state index in [4.69, 9.17) is 5.73 Å². The Morgan fingerprint density at radius 1 is 0.857 bits per heavy atom. The molecule has 0 heterocycles. The molecule has 0 radical (unpaired) electrons. The van der Waals surface area contributed by atoms with Crippen molar-refractivity contribution in [3.8, 4) is 22.3 Å². The molecule has 1 aliphatic rings. The topological polar surface area (TPSA) is 26.0 Å². The minimum Gasteiger partial charge on any atom is -0.398 e. The molecule has 1 heteroatoms. The maximum absolute atomic E-state index is 6.55. The van der Waals surface area contributed by atoms with E-state index in [1.807, 2.05) is 6.07 Å². The summed E-state index contributed by atoms with van der Waals surface area (Å²) >= 11 is 0. The molecule has 0 atom stereocenters. The summed E-state index contributed by atoms with van der Waals surface area (Å²) in [6.45, 7) is 2.15. The molecule has 3 aromatic rings. The lowest BCUT2D eigenvalue weighted by Crippen LogP contribution is -1.99. The first-order valence-corrected chi connectivity index (χ1v) is 7.31. The van der Waals surface area contributed by atoms with Crippen molar-refractivity contribution in [3.05, 3.63) is 77.4 Å². The van der Waals surface area contributed by atoms with Crippen LogP contribution in [0.3, 0.4) is 0 Å². The molecule has 0 unspecified atom stereocenters. The minimum atomic E-state index is 0.937. The Bertz CT molecular complexity index is 832. The van der Waals surface area contributed by atoms with Crippen LogP contribution < -0.4 is 5.73 Å². The van der Waals surface area contributed by atoms with Gasteiger partial charge in [0.1, 0.15) is 0 Å². The Morgan fingerprint density at radius 3 is 2.38 bits per heavy atom. The fourth-order valence-corrected chi connectivity index (χ4v) is 3.43. The Morgan fingerprint density at radius 2 is 1.57 bits per heavy atom. The Kier molecular flexibility index (Phi) is 2.61. The molecule has 0 aliphatic heterocycles. The van der Waals surface area contributed by atoms with Crippen LogP contribution in [0.15, 0.2) is 60.7 Å². The average molecular weight is 271 g/mol. The highest BCUT2D eigenvalue weighted by atomic mass is 14.6. The standard InChI is InChI=1S/C20H17N/c1-13-11-17-16-10-6-5-9-15(16)12-18(17)20(21)19(13)14-7-3-2-4-8-14/h2-11H,12,21H2,1H3. The number of anilines is 1. The largest absolute Gasteiger partial charge is 0.398 e. The zero-order valence-electron chi connectivity index (χ0n) is 12.1. The number of aryl methyl sites for hydroxylation is 1. The second kappa shape index (κ2) is 4.49. The predicted octanol–water partition coefficient (Wildman–Crippen LogP) is 4.82. The van der Waals surface area contributed by atoms with Gasteiger partial charge in [-0.25, -0.2) is 0 Å². The average Bonchev–Trinajstić information content (AvgIpc) is 2.88. The van der Waals surface area contributed by atoms with Crippen molar-refractivity contribution in [2.24, 2.45) is 0 Å². The maximum Gasteiger partial charge on any atom is 0.0438 e. The first kappa shape index (κ1) is 12.2. The summed E-state index contributed by atoms with van der Waals surface area (Å²) in [4.78, 5) is 0. The number of benzene rings is 3. The number of nitrogen functional groups attached to an aromatic ring is 1. The van der Waals surface area contributed by atoms with Crippen molar-refractivity contribution in [2.45, 2.75) is 13.3 Å². The number of fused-ring (bicyclic) bond motifs is 3. The van der Waals surface area contributed by atoms with Crippen LogP contribution >= 0.6 is 0 Å². The van der Waals surface area contributed by atoms with Gasteiger partial charge < -0.3 is 5.73 Å². The van der Waals surface area contributed by atoms with Gasteiger partial charge in [0, 0.05) is 17.7 Å². The van der Waals surface area contributed by atoms with E-state index >= 15 is 0 Å². The summed E-state index contributed by atoms with van der Waals surface area (Å²) in [7, 11) is 0. The highest BCUT2D eigenvalue weighted by Gasteiger charge is 2.23. The fourth-order valence-electron chi connectivity index (χ4n) is 3.43. The van der Waals surface area contributed by atoms with Gasteiger partial charge in [0.2, 0.25) is 0 Å². The van der Waals surface area contributed by atoms with Crippen LogP contribution in [0.1, 0.15) is 16.7 Å². The maximum atomic E-state index is 6.55. The van der Waals surface area contributed by atoms with E-state index in [-0.39, 0.29) is 0 Å². The van der Waals surface area contributed by atoms with Crippen molar-refractivity contribution in [2.75, 3.05) is 5.73 Å². The summed E-state index contributed by atoms with van der Waals surface area (Å²) in [6.07, 6.45) is 0.942. The van der Waals surface area contributed by atoms with Crippen LogP contribution in [0.4, 0.5) is 5.69 Å². The van der Waals surface area contributed by atoms with Gasteiger partial charge in [-0.2, -0.15) is 0 Å². The predicted molar refractivity (Wildman–Crippen MR) is 89.3 cm³/mol. The summed E-state index contributed by atoms with van der Waals surface area (Å²) in [5, 5.41) is 0. The van der Waals surface area contributed by atoms with E-state index in [0.29, 0.717) is 0 Å². The van der Waals surface area contributed by atoms with Crippen molar-refractivity contribution in [3.63, 3.8) is 0 Å². The van der Waals surface area contributed by atoms with Crippen molar-refractivity contribution in [1.82, 2.24) is 0 Å². The highest BCUT2D eigenvalue weighted by molar-refractivity contribution is 5.91. The third-order valence-corrected chi connectivity index (χ3v) is 4.41. The molecule has 0 spiro atoms. The van der Waals surface area contributed by atoms with E-state index in [0.717, 1.165) is 12.1 Å². The number of hydrogen-bond acceptors (Lipinski definition) is 1. The molecule has 3 aromatic carbocycles. The van der Waals surface area contributed by atoms with Crippen LogP contribution in [0.25, 0.3) is 22.3 Å². The van der Waals surface area contributed by atoms with Gasteiger partial charge >= 0.3 is 0 Å². The Hall–Kier alpha value is -2.54. The number of hydrogen-bond donors (Lipinski definition) is 1.